The molecule has 1 amide bonds. The van der Waals surface area contributed by atoms with Crippen molar-refractivity contribution in [2.45, 2.75) is 39.9 Å². The van der Waals surface area contributed by atoms with Crippen molar-refractivity contribution in [3.8, 4) is 0 Å². The minimum absolute atomic E-state index is 0.0868. The van der Waals surface area contributed by atoms with Gasteiger partial charge in [0.2, 0.25) is 5.91 Å². The molecule has 0 aromatic heterocycles. The highest BCUT2D eigenvalue weighted by atomic mass is 16.7. The molecule has 0 spiro atoms. The summed E-state index contributed by atoms with van der Waals surface area (Å²) in [6.07, 6.45) is 1.24. The van der Waals surface area contributed by atoms with Crippen LogP contribution >= 0.6 is 0 Å². The van der Waals surface area contributed by atoms with Crippen molar-refractivity contribution >= 4 is 5.91 Å². The summed E-state index contributed by atoms with van der Waals surface area (Å²) in [6, 6.07) is 0. The van der Waals surface area contributed by atoms with Crippen molar-refractivity contribution in [1.82, 2.24) is 10.6 Å². The molecule has 5 nitrogen and oxygen atoms in total. The first-order chi connectivity index (χ1) is 8.24. The number of amides is 1. The molecule has 0 fully saturated rings. The molecule has 0 saturated heterocycles. The molecular weight excluding hydrogens is 220 g/mol. The maximum Gasteiger partial charge on any atom is 0.221 e. The van der Waals surface area contributed by atoms with E-state index in [9.17, 15) is 4.79 Å². The van der Waals surface area contributed by atoms with Crippen LogP contribution in [0.1, 0.15) is 33.6 Å². The van der Waals surface area contributed by atoms with Crippen LogP contribution in [0.2, 0.25) is 0 Å². The lowest BCUT2D eigenvalue weighted by Gasteiger charge is -2.17. The van der Waals surface area contributed by atoms with Gasteiger partial charge in [-0.15, -0.1) is 0 Å². The van der Waals surface area contributed by atoms with Crippen molar-refractivity contribution in [2.75, 3.05) is 32.8 Å². The predicted molar refractivity (Wildman–Crippen MR) is 67.8 cm³/mol. The van der Waals surface area contributed by atoms with Gasteiger partial charge in [-0.05, 0) is 20.3 Å². The number of hydrogen-bond donors (Lipinski definition) is 2. The first kappa shape index (κ1) is 16.4. The van der Waals surface area contributed by atoms with E-state index in [1.807, 2.05) is 20.8 Å². The number of carbonyl (C=O) groups is 1. The zero-order chi connectivity index (χ0) is 12.9. The molecule has 0 heterocycles. The molecule has 0 aliphatic rings. The minimum Gasteiger partial charge on any atom is -0.356 e. The molecule has 0 aliphatic carbocycles. The largest absolute Gasteiger partial charge is 0.356 e. The molecule has 5 heteroatoms. The van der Waals surface area contributed by atoms with Crippen molar-refractivity contribution in [3.63, 3.8) is 0 Å². The van der Waals surface area contributed by atoms with Crippen LogP contribution in [0.4, 0.5) is 0 Å². The third kappa shape index (κ3) is 10.2. The lowest BCUT2D eigenvalue weighted by Crippen LogP contribution is -2.34. The van der Waals surface area contributed by atoms with Crippen molar-refractivity contribution in [2.24, 2.45) is 0 Å². The molecule has 102 valence electrons. The number of carbonyl (C=O) groups excluding carboxylic acids is 1. The van der Waals surface area contributed by atoms with Gasteiger partial charge in [-0.1, -0.05) is 6.92 Å². The molecule has 0 rings (SSSR count). The molecule has 0 saturated carbocycles. The van der Waals surface area contributed by atoms with Gasteiger partial charge in [0.25, 0.3) is 0 Å². The van der Waals surface area contributed by atoms with Gasteiger partial charge in [-0.3, -0.25) is 4.79 Å². The van der Waals surface area contributed by atoms with Crippen molar-refractivity contribution < 1.29 is 14.3 Å². The van der Waals surface area contributed by atoms with Crippen LogP contribution in [0, 0.1) is 0 Å². The second-order valence-corrected chi connectivity index (χ2v) is 3.64. The third-order valence-corrected chi connectivity index (χ3v) is 2.12. The first-order valence-corrected chi connectivity index (χ1v) is 6.45. The zero-order valence-corrected chi connectivity index (χ0v) is 11.3. The Labute approximate surface area is 104 Å². The number of hydrogen-bond acceptors (Lipinski definition) is 4. The minimum atomic E-state index is -0.219. The summed E-state index contributed by atoms with van der Waals surface area (Å²) in [5.74, 6) is 0.0868. The van der Waals surface area contributed by atoms with E-state index in [2.05, 4.69) is 10.6 Å². The van der Waals surface area contributed by atoms with Crippen LogP contribution in [0.25, 0.3) is 0 Å². The number of rotatable bonds is 11. The summed E-state index contributed by atoms with van der Waals surface area (Å²) < 4.78 is 10.7. The summed E-state index contributed by atoms with van der Waals surface area (Å²) in [4.78, 5) is 11.3. The molecule has 2 N–H and O–H groups in total. The van der Waals surface area contributed by atoms with Gasteiger partial charge in [0.05, 0.1) is 0 Å². The zero-order valence-electron chi connectivity index (χ0n) is 11.3. The van der Waals surface area contributed by atoms with Crippen LogP contribution in [-0.4, -0.2) is 45.0 Å². The average molecular weight is 246 g/mol. The standard InChI is InChI=1S/C12H26N2O3/c1-4-8-14-11(15)7-9-13-10-12(16-5-2)17-6-3/h12-13H,4-10H2,1-3H3,(H,14,15). The maximum atomic E-state index is 11.3. The van der Waals surface area contributed by atoms with Crippen LogP contribution in [-0.2, 0) is 14.3 Å². The Kier molecular flexibility index (Phi) is 11.4. The van der Waals surface area contributed by atoms with E-state index in [1.165, 1.54) is 0 Å². The fraction of sp³-hybridized carbons (Fsp3) is 0.917. The molecular formula is C12H26N2O3. The van der Waals surface area contributed by atoms with Gasteiger partial charge in [0.15, 0.2) is 6.29 Å². The van der Waals surface area contributed by atoms with Crippen LogP contribution in [0.3, 0.4) is 0 Å². The van der Waals surface area contributed by atoms with E-state index < -0.39 is 0 Å². The highest BCUT2D eigenvalue weighted by molar-refractivity contribution is 5.75. The summed E-state index contributed by atoms with van der Waals surface area (Å²) in [5.41, 5.74) is 0. The van der Waals surface area contributed by atoms with E-state index in [4.69, 9.17) is 9.47 Å². The summed E-state index contributed by atoms with van der Waals surface area (Å²) in [5, 5.41) is 5.98. The summed E-state index contributed by atoms with van der Waals surface area (Å²) >= 11 is 0. The number of ether oxygens (including phenoxy) is 2. The topological polar surface area (TPSA) is 59.6 Å². The molecule has 0 aromatic rings. The van der Waals surface area contributed by atoms with Gasteiger partial charge in [-0.2, -0.15) is 0 Å². The Bertz CT molecular complexity index is 183. The molecule has 0 unspecified atom stereocenters. The quantitative estimate of drug-likeness (QED) is 0.420. The predicted octanol–water partition coefficient (Wildman–Crippen LogP) is 0.891. The van der Waals surface area contributed by atoms with Crippen LogP contribution in [0.15, 0.2) is 0 Å². The fourth-order valence-electron chi connectivity index (χ4n) is 1.31. The first-order valence-electron chi connectivity index (χ1n) is 6.45. The Morgan fingerprint density at radius 2 is 1.76 bits per heavy atom. The second kappa shape index (κ2) is 11.8. The molecule has 0 aromatic carbocycles. The van der Waals surface area contributed by atoms with Gasteiger partial charge >= 0.3 is 0 Å². The van der Waals surface area contributed by atoms with Gasteiger partial charge in [0.1, 0.15) is 0 Å². The molecule has 0 aliphatic heterocycles. The Morgan fingerprint density at radius 1 is 1.12 bits per heavy atom. The summed E-state index contributed by atoms with van der Waals surface area (Å²) in [6.45, 7) is 9.17. The summed E-state index contributed by atoms with van der Waals surface area (Å²) in [7, 11) is 0. The SMILES string of the molecule is CCCNC(=O)CCNCC(OCC)OCC. The van der Waals surface area contributed by atoms with Crippen LogP contribution in [0.5, 0.6) is 0 Å². The lowest BCUT2D eigenvalue weighted by atomic mass is 10.3. The maximum absolute atomic E-state index is 11.3. The van der Waals surface area contributed by atoms with Crippen LogP contribution < -0.4 is 10.6 Å². The normalized spacial score (nSPS) is 10.8. The van der Waals surface area contributed by atoms with E-state index >= 15 is 0 Å². The fourth-order valence-corrected chi connectivity index (χ4v) is 1.31. The van der Waals surface area contributed by atoms with Gasteiger partial charge < -0.3 is 20.1 Å². The van der Waals surface area contributed by atoms with E-state index in [0.717, 1.165) is 13.0 Å². The lowest BCUT2D eigenvalue weighted by molar-refractivity contribution is -0.133. The molecule has 17 heavy (non-hydrogen) atoms. The molecule has 0 radical (unpaired) electrons. The molecule has 0 atom stereocenters. The van der Waals surface area contributed by atoms with Crippen molar-refractivity contribution in [1.29, 1.82) is 0 Å². The van der Waals surface area contributed by atoms with E-state index in [1.54, 1.807) is 0 Å². The number of nitrogens with one attached hydrogen (secondary N) is 2. The van der Waals surface area contributed by atoms with Gasteiger partial charge in [0, 0.05) is 39.3 Å². The highest BCUT2D eigenvalue weighted by Crippen LogP contribution is 1.93. The average Bonchev–Trinajstić information content (AvgIpc) is 2.32. The molecule has 0 bridgehead atoms. The van der Waals surface area contributed by atoms with E-state index in [0.29, 0.717) is 32.7 Å². The Hall–Kier alpha value is -0.650. The Balaban J connectivity index is 3.49. The smallest absolute Gasteiger partial charge is 0.221 e. The Morgan fingerprint density at radius 3 is 2.29 bits per heavy atom. The van der Waals surface area contributed by atoms with Gasteiger partial charge in [-0.25, -0.2) is 0 Å². The highest BCUT2D eigenvalue weighted by Gasteiger charge is 2.07. The second-order valence-electron chi connectivity index (χ2n) is 3.64. The monoisotopic (exact) mass is 246 g/mol. The van der Waals surface area contributed by atoms with Crippen molar-refractivity contribution in [3.05, 3.63) is 0 Å². The third-order valence-electron chi connectivity index (χ3n) is 2.12. The van der Waals surface area contributed by atoms with E-state index in [-0.39, 0.29) is 12.2 Å².